The molecule has 0 aromatic carbocycles. The summed E-state index contributed by atoms with van der Waals surface area (Å²) in [5.74, 6) is 0.282. The van der Waals surface area contributed by atoms with E-state index in [0.29, 0.717) is 11.6 Å². The normalized spacial score (nSPS) is 15.3. The van der Waals surface area contributed by atoms with E-state index in [0.717, 1.165) is 17.7 Å². The van der Waals surface area contributed by atoms with Crippen LogP contribution in [0.5, 0.6) is 0 Å². The van der Waals surface area contributed by atoms with Gasteiger partial charge in [0.1, 0.15) is 6.07 Å². The van der Waals surface area contributed by atoms with Crippen LogP contribution >= 0.6 is 0 Å². The quantitative estimate of drug-likeness (QED) is 0.828. The van der Waals surface area contributed by atoms with E-state index in [4.69, 9.17) is 0 Å². The third kappa shape index (κ3) is 4.53. The van der Waals surface area contributed by atoms with Crippen LogP contribution in [0.4, 0.5) is 5.69 Å². The van der Waals surface area contributed by atoms with Crippen molar-refractivity contribution in [2.24, 2.45) is 5.92 Å². The third-order valence-electron chi connectivity index (χ3n) is 4.22. The van der Waals surface area contributed by atoms with Crippen molar-refractivity contribution in [3.63, 3.8) is 0 Å². The van der Waals surface area contributed by atoms with Gasteiger partial charge in [0.25, 0.3) is 0 Å². The number of carbonyl (C=O) groups excluding carboxylic acids is 1. The first-order valence-electron chi connectivity index (χ1n) is 8.23. The summed E-state index contributed by atoms with van der Waals surface area (Å²) in [6.45, 7) is 5.45. The van der Waals surface area contributed by atoms with Gasteiger partial charge in [-0.3, -0.25) is 4.79 Å². The molecule has 0 bridgehead atoms. The summed E-state index contributed by atoms with van der Waals surface area (Å²) >= 11 is 0. The van der Waals surface area contributed by atoms with E-state index in [2.05, 4.69) is 29.0 Å². The molecule has 1 heterocycles. The van der Waals surface area contributed by atoms with Crippen LogP contribution < -0.4 is 5.32 Å². The zero-order valence-electron chi connectivity index (χ0n) is 13.6. The minimum absolute atomic E-state index is 0.242. The highest BCUT2D eigenvalue weighted by Crippen LogP contribution is 2.26. The fraction of sp³-hybridized carbons (Fsp3) is 0.421. The molecular weight excluding hydrogens is 286 g/mol. The Labute approximate surface area is 137 Å². The Bertz CT molecular complexity index is 649. The Hall–Kier alpha value is -2.41. The van der Waals surface area contributed by atoms with E-state index >= 15 is 0 Å². The molecular formula is C19H23N3O. The summed E-state index contributed by atoms with van der Waals surface area (Å²) in [7, 11) is 0. The molecule has 1 aromatic heterocycles. The van der Waals surface area contributed by atoms with E-state index in [-0.39, 0.29) is 11.6 Å². The number of nitrogens with zero attached hydrogens (tertiary/aromatic N) is 2. The lowest BCUT2D eigenvalue weighted by Crippen LogP contribution is -2.11. The Kier molecular flexibility index (Phi) is 6.10. The van der Waals surface area contributed by atoms with Crippen LogP contribution in [0.1, 0.15) is 56.0 Å². The zero-order chi connectivity index (χ0) is 16.7. The summed E-state index contributed by atoms with van der Waals surface area (Å²) in [4.78, 5) is 15.9. The monoisotopic (exact) mass is 309 g/mol. The maximum Gasteiger partial charge on any atom is 0.247 e. The fourth-order valence-corrected chi connectivity index (χ4v) is 2.93. The molecule has 0 unspecified atom stereocenters. The van der Waals surface area contributed by atoms with E-state index in [1.165, 1.54) is 38.2 Å². The highest BCUT2D eigenvalue weighted by atomic mass is 16.1. The number of pyridine rings is 1. The van der Waals surface area contributed by atoms with Crippen molar-refractivity contribution in [1.29, 1.82) is 5.26 Å². The first kappa shape index (κ1) is 17.0. The Morgan fingerprint density at radius 1 is 1.48 bits per heavy atom. The zero-order valence-corrected chi connectivity index (χ0v) is 13.6. The van der Waals surface area contributed by atoms with Gasteiger partial charge in [0.15, 0.2) is 5.69 Å². The van der Waals surface area contributed by atoms with Crippen molar-refractivity contribution >= 4 is 17.7 Å². The van der Waals surface area contributed by atoms with Crippen molar-refractivity contribution in [3.05, 3.63) is 41.7 Å². The van der Waals surface area contributed by atoms with Crippen LogP contribution in [0, 0.1) is 17.2 Å². The molecule has 1 saturated carbocycles. The number of rotatable bonds is 5. The molecule has 0 saturated heterocycles. The number of carbonyl (C=O) groups is 1. The lowest BCUT2D eigenvalue weighted by molar-refractivity contribution is -0.111. The largest absolute Gasteiger partial charge is 0.320 e. The SMILES string of the molecule is C=CC(=O)Nc1cc(/C=C/C2CCCCC2)c(CC)nc1C#N. The number of amides is 1. The van der Waals surface area contributed by atoms with Gasteiger partial charge in [-0.05, 0) is 42.9 Å². The maximum atomic E-state index is 11.5. The molecule has 23 heavy (non-hydrogen) atoms. The highest BCUT2D eigenvalue weighted by molar-refractivity contribution is 5.99. The molecule has 1 amide bonds. The van der Waals surface area contributed by atoms with Crippen LogP contribution in [0.2, 0.25) is 0 Å². The molecule has 120 valence electrons. The topological polar surface area (TPSA) is 65.8 Å². The minimum Gasteiger partial charge on any atom is -0.320 e. The molecule has 1 N–H and O–H groups in total. The number of nitriles is 1. The second-order valence-corrected chi connectivity index (χ2v) is 5.84. The molecule has 0 spiro atoms. The molecule has 0 radical (unpaired) electrons. The van der Waals surface area contributed by atoms with E-state index in [1.807, 2.05) is 19.1 Å². The van der Waals surface area contributed by atoms with E-state index < -0.39 is 0 Å². The average molecular weight is 309 g/mol. The third-order valence-corrected chi connectivity index (χ3v) is 4.22. The predicted octanol–water partition coefficient (Wildman–Crippen LogP) is 4.23. The van der Waals surface area contributed by atoms with Crippen molar-refractivity contribution in [2.75, 3.05) is 5.32 Å². The Balaban J connectivity index is 2.30. The molecule has 0 atom stereocenters. The minimum atomic E-state index is -0.338. The van der Waals surface area contributed by atoms with Gasteiger partial charge in [-0.2, -0.15) is 5.26 Å². The van der Waals surface area contributed by atoms with Crippen molar-refractivity contribution in [1.82, 2.24) is 4.98 Å². The number of hydrogen-bond donors (Lipinski definition) is 1. The van der Waals surface area contributed by atoms with Crippen LogP contribution in [-0.2, 0) is 11.2 Å². The van der Waals surface area contributed by atoms with Crippen LogP contribution in [-0.4, -0.2) is 10.9 Å². The maximum absolute atomic E-state index is 11.5. The average Bonchev–Trinajstić information content (AvgIpc) is 2.60. The Morgan fingerprint density at radius 3 is 2.83 bits per heavy atom. The molecule has 4 heteroatoms. The van der Waals surface area contributed by atoms with Gasteiger partial charge in [-0.1, -0.05) is 44.9 Å². The summed E-state index contributed by atoms with van der Waals surface area (Å²) in [5, 5.41) is 11.9. The smallest absolute Gasteiger partial charge is 0.247 e. The first-order valence-corrected chi connectivity index (χ1v) is 8.23. The number of aromatic nitrogens is 1. The molecule has 2 rings (SSSR count). The highest BCUT2D eigenvalue weighted by Gasteiger charge is 2.13. The summed E-state index contributed by atoms with van der Waals surface area (Å²) in [6, 6.07) is 3.89. The number of aryl methyl sites for hydroxylation is 1. The van der Waals surface area contributed by atoms with Gasteiger partial charge in [-0.25, -0.2) is 4.98 Å². The van der Waals surface area contributed by atoms with Crippen LogP contribution in [0.15, 0.2) is 24.8 Å². The predicted molar refractivity (Wildman–Crippen MR) is 92.8 cm³/mol. The molecule has 1 aliphatic rings. The molecule has 1 aromatic rings. The second-order valence-electron chi connectivity index (χ2n) is 5.84. The van der Waals surface area contributed by atoms with Gasteiger partial charge < -0.3 is 5.32 Å². The number of nitrogens with one attached hydrogen (secondary N) is 1. The van der Waals surface area contributed by atoms with Gasteiger partial charge >= 0.3 is 0 Å². The van der Waals surface area contributed by atoms with E-state index in [9.17, 15) is 10.1 Å². The van der Waals surface area contributed by atoms with Gasteiger partial charge in [0, 0.05) is 5.69 Å². The molecule has 0 aliphatic heterocycles. The number of allylic oxidation sites excluding steroid dienone is 1. The van der Waals surface area contributed by atoms with Crippen molar-refractivity contribution < 1.29 is 4.79 Å². The van der Waals surface area contributed by atoms with Gasteiger partial charge in [0.05, 0.1) is 5.69 Å². The van der Waals surface area contributed by atoms with Crippen LogP contribution in [0.25, 0.3) is 6.08 Å². The van der Waals surface area contributed by atoms with Crippen molar-refractivity contribution in [2.45, 2.75) is 45.4 Å². The van der Waals surface area contributed by atoms with E-state index in [1.54, 1.807) is 0 Å². The van der Waals surface area contributed by atoms with Crippen LogP contribution in [0.3, 0.4) is 0 Å². The summed E-state index contributed by atoms with van der Waals surface area (Å²) in [6.07, 6.45) is 12.7. The summed E-state index contributed by atoms with van der Waals surface area (Å²) < 4.78 is 0. The standard InChI is InChI=1S/C19H23N3O/c1-3-16-15(11-10-14-8-6-5-7-9-14)12-17(18(13-20)21-16)22-19(23)4-2/h4,10-12,14H,2-3,5-9H2,1H3,(H,22,23)/b11-10+. The molecule has 1 fully saturated rings. The lowest BCUT2D eigenvalue weighted by atomic mass is 9.88. The summed E-state index contributed by atoms with van der Waals surface area (Å²) in [5.41, 5.74) is 2.53. The number of anilines is 1. The van der Waals surface area contributed by atoms with Crippen molar-refractivity contribution in [3.8, 4) is 6.07 Å². The fourth-order valence-electron chi connectivity index (χ4n) is 2.93. The lowest BCUT2D eigenvalue weighted by Gasteiger charge is -2.18. The first-order chi connectivity index (χ1) is 11.2. The second kappa shape index (κ2) is 8.28. The molecule has 1 aliphatic carbocycles. The van der Waals surface area contributed by atoms with Gasteiger partial charge in [-0.15, -0.1) is 0 Å². The number of hydrogen-bond acceptors (Lipinski definition) is 3. The van der Waals surface area contributed by atoms with Gasteiger partial charge in [0.2, 0.25) is 5.91 Å². The Morgan fingerprint density at radius 2 is 2.22 bits per heavy atom. The molecule has 4 nitrogen and oxygen atoms in total.